The predicted octanol–water partition coefficient (Wildman–Crippen LogP) is 5.35. The van der Waals surface area contributed by atoms with Crippen molar-refractivity contribution in [1.29, 1.82) is 0 Å². The molecule has 0 saturated heterocycles. The van der Waals surface area contributed by atoms with Crippen molar-refractivity contribution in [3.05, 3.63) is 65.3 Å². The van der Waals surface area contributed by atoms with Crippen molar-refractivity contribution in [2.24, 2.45) is 16.8 Å². The Morgan fingerprint density at radius 1 is 1.17 bits per heavy atom. The topological polar surface area (TPSA) is 88.0 Å². The Kier molecular flexibility index (Phi) is 10.0. The number of hydrogen-bond acceptors (Lipinski definition) is 4. The second-order valence-corrected chi connectivity index (χ2v) is 9.69. The lowest BCUT2D eigenvalue weighted by atomic mass is 9.92. The molecule has 0 spiro atoms. The lowest BCUT2D eigenvalue weighted by Crippen LogP contribution is -2.32. The average molecular weight is 479 g/mol. The van der Waals surface area contributed by atoms with Crippen LogP contribution in [0.4, 0.5) is 0 Å². The predicted molar refractivity (Wildman–Crippen MR) is 140 cm³/mol. The first-order valence-electron chi connectivity index (χ1n) is 12.7. The molecule has 0 fully saturated rings. The Morgan fingerprint density at radius 2 is 1.94 bits per heavy atom. The zero-order chi connectivity index (χ0) is 25.2. The minimum absolute atomic E-state index is 0.0472. The van der Waals surface area contributed by atoms with Gasteiger partial charge in [-0.3, -0.25) is 14.6 Å². The minimum Gasteiger partial charge on any atom is -0.481 e. The molecular formula is C29H38N2O4. The van der Waals surface area contributed by atoms with Gasteiger partial charge in [0.05, 0.1) is 30.2 Å². The molecule has 6 heteroatoms. The van der Waals surface area contributed by atoms with Crippen molar-refractivity contribution in [3.8, 4) is 0 Å². The van der Waals surface area contributed by atoms with Gasteiger partial charge in [-0.1, -0.05) is 75.8 Å². The molecule has 3 atom stereocenters. The van der Waals surface area contributed by atoms with Crippen LogP contribution in [0.2, 0.25) is 0 Å². The number of carbonyl (C=O) groups is 2. The molecule has 0 aromatic heterocycles. The van der Waals surface area contributed by atoms with Crippen LogP contribution < -0.4 is 5.32 Å². The summed E-state index contributed by atoms with van der Waals surface area (Å²) >= 11 is 0. The Labute approximate surface area is 208 Å². The summed E-state index contributed by atoms with van der Waals surface area (Å²) in [6.45, 7) is 6.74. The van der Waals surface area contributed by atoms with E-state index in [1.54, 1.807) is 0 Å². The van der Waals surface area contributed by atoms with Gasteiger partial charge in [-0.2, -0.15) is 0 Å². The van der Waals surface area contributed by atoms with Gasteiger partial charge < -0.3 is 15.2 Å². The fraction of sp³-hybridized carbons (Fsp3) is 0.483. The number of ether oxygens (including phenoxy) is 1. The van der Waals surface area contributed by atoms with Crippen LogP contribution in [0.5, 0.6) is 0 Å². The zero-order valence-electron chi connectivity index (χ0n) is 21.1. The van der Waals surface area contributed by atoms with Gasteiger partial charge in [0.2, 0.25) is 5.91 Å². The number of benzene rings is 1. The molecule has 1 aliphatic carbocycles. The second kappa shape index (κ2) is 13.2. The number of carboxylic acid groups (broad SMARTS) is 1. The average Bonchev–Trinajstić information content (AvgIpc) is 2.84. The van der Waals surface area contributed by atoms with Crippen molar-refractivity contribution in [1.82, 2.24) is 5.32 Å². The third-order valence-electron chi connectivity index (χ3n) is 6.18. The zero-order valence-corrected chi connectivity index (χ0v) is 21.1. The number of aliphatic imine (C=N–C) groups is 1. The summed E-state index contributed by atoms with van der Waals surface area (Å²) in [6.07, 6.45) is 14.1. The van der Waals surface area contributed by atoms with Gasteiger partial charge in [0, 0.05) is 12.8 Å². The van der Waals surface area contributed by atoms with Crippen LogP contribution in [0.3, 0.4) is 0 Å². The summed E-state index contributed by atoms with van der Waals surface area (Å²) in [5.41, 5.74) is 4.55. The van der Waals surface area contributed by atoms with Crippen molar-refractivity contribution in [3.63, 3.8) is 0 Å². The van der Waals surface area contributed by atoms with Crippen LogP contribution in [0.1, 0.15) is 64.0 Å². The van der Waals surface area contributed by atoms with E-state index in [-0.39, 0.29) is 37.0 Å². The van der Waals surface area contributed by atoms with Gasteiger partial charge >= 0.3 is 5.97 Å². The Balaban J connectivity index is 1.53. The number of nitrogens with zero attached hydrogens (tertiary/aromatic N) is 1. The van der Waals surface area contributed by atoms with Gasteiger partial charge in [0.1, 0.15) is 0 Å². The fourth-order valence-electron chi connectivity index (χ4n) is 4.35. The molecule has 3 unspecified atom stereocenters. The van der Waals surface area contributed by atoms with Gasteiger partial charge in [-0.05, 0) is 48.3 Å². The van der Waals surface area contributed by atoms with Crippen molar-refractivity contribution in [2.75, 3.05) is 6.54 Å². The van der Waals surface area contributed by atoms with E-state index < -0.39 is 5.97 Å². The van der Waals surface area contributed by atoms with E-state index in [9.17, 15) is 9.59 Å². The standard InChI is InChI=1S/C29H38N2O4/c1-4-5-27(23-10-12-24(13-11-23)29(34)30-17-16-28(32)33)35-25-14-15-26(31-19-25)22-8-6-21(7-9-22)18-20(2)3/h6-12,15,19-20,24-25,27H,4-5,13-14,16-18H2,1-3H3,(H,30,34)(H,32,33). The maximum absolute atomic E-state index is 12.3. The van der Waals surface area contributed by atoms with E-state index in [4.69, 9.17) is 9.84 Å². The normalized spacial score (nSPS) is 20.3. The number of carboxylic acids is 1. The highest BCUT2D eigenvalue weighted by molar-refractivity contribution is 5.81. The first kappa shape index (κ1) is 26.6. The lowest BCUT2D eigenvalue weighted by molar-refractivity contribution is -0.137. The number of aliphatic carboxylic acids is 1. The molecule has 188 valence electrons. The van der Waals surface area contributed by atoms with Crippen molar-refractivity contribution in [2.45, 2.75) is 71.5 Å². The molecular weight excluding hydrogens is 440 g/mol. The summed E-state index contributed by atoms with van der Waals surface area (Å²) in [6, 6.07) is 8.67. The number of allylic oxidation sites excluding steroid dienone is 1. The van der Waals surface area contributed by atoms with E-state index >= 15 is 0 Å². The van der Waals surface area contributed by atoms with E-state index in [0.29, 0.717) is 12.3 Å². The number of nitrogens with one attached hydrogen (secondary N) is 1. The van der Waals surface area contributed by atoms with Crippen LogP contribution in [0.15, 0.2) is 59.1 Å². The number of rotatable bonds is 12. The molecule has 1 aromatic carbocycles. The molecule has 0 radical (unpaired) electrons. The monoisotopic (exact) mass is 478 g/mol. The summed E-state index contributed by atoms with van der Waals surface area (Å²) in [4.78, 5) is 27.6. The lowest BCUT2D eigenvalue weighted by Gasteiger charge is -2.26. The maximum Gasteiger partial charge on any atom is 0.305 e. The molecule has 2 aliphatic rings. The van der Waals surface area contributed by atoms with Gasteiger partial charge in [0.25, 0.3) is 0 Å². The molecule has 0 bridgehead atoms. The van der Waals surface area contributed by atoms with Gasteiger partial charge in [0.15, 0.2) is 0 Å². The number of amides is 1. The van der Waals surface area contributed by atoms with Crippen molar-refractivity contribution < 1.29 is 19.4 Å². The highest BCUT2D eigenvalue weighted by Gasteiger charge is 2.23. The van der Waals surface area contributed by atoms with Gasteiger partial charge in [-0.25, -0.2) is 0 Å². The van der Waals surface area contributed by atoms with Crippen LogP contribution in [0, 0.1) is 11.8 Å². The number of carbonyl (C=O) groups excluding carboxylic acids is 1. The quantitative estimate of drug-likeness (QED) is 0.424. The van der Waals surface area contributed by atoms with Crippen LogP contribution in [-0.2, 0) is 20.7 Å². The van der Waals surface area contributed by atoms with E-state index in [0.717, 1.165) is 42.5 Å². The Bertz CT molecular complexity index is 988. The second-order valence-electron chi connectivity index (χ2n) is 9.69. The first-order valence-corrected chi connectivity index (χ1v) is 12.7. The van der Waals surface area contributed by atoms with Crippen molar-refractivity contribution >= 4 is 23.8 Å². The van der Waals surface area contributed by atoms with Crippen LogP contribution in [-0.4, -0.2) is 42.0 Å². The SMILES string of the molecule is CCCC(OC1C=NC(c2ccc(CC(C)C)cc2)=CC1)C1=CCC(C(=O)NCCC(=O)O)C=C1. The Hall–Kier alpha value is -2.99. The smallest absolute Gasteiger partial charge is 0.305 e. The third kappa shape index (κ3) is 8.32. The summed E-state index contributed by atoms with van der Waals surface area (Å²) in [5, 5.41) is 11.4. The Morgan fingerprint density at radius 3 is 2.51 bits per heavy atom. The van der Waals surface area contributed by atoms with Gasteiger partial charge in [-0.15, -0.1) is 0 Å². The molecule has 2 N–H and O–H groups in total. The molecule has 1 amide bonds. The highest BCUT2D eigenvalue weighted by Crippen LogP contribution is 2.27. The molecule has 6 nitrogen and oxygen atoms in total. The van der Waals surface area contributed by atoms with Crippen LogP contribution >= 0.6 is 0 Å². The molecule has 1 aliphatic heterocycles. The fourth-order valence-corrected chi connectivity index (χ4v) is 4.35. The molecule has 0 saturated carbocycles. The van der Waals surface area contributed by atoms with E-state index in [1.165, 1.54) is 5.56 Å². The maximum atomic E-state index is 12.3. The number of hydrogen-bond donors (Lipinski definition) is 2. The van der Waals surface area contributed by atoms with Crippen LogP contribution in [0.25, 0.3) is 5.70 Å². The van der Waals surface area contributed by atoms with E-state index in [2.05, 4.69) is 67.5 Å². The summed E-state index contributed by atoms with van der Waals surface area (Å²) in [5.74, 6) is -0.690. The largest absolute Gasteiger partial charge is 0.481 e. The minimum atomic E-state index is -0.918. The third-order valence-corrected chi connectivity index (χ3v) is 6.18. The highest BCUT2D eigenvalue weighted by atomic mass is 16.5. The molecule has 35 heavy (non-hydrogen) atoms. The molecule has 1 aromatic rings. The molecule has 3 rings (SSSR count). The summed E-state index contributed by atoms with van der Waals surface area (Å²) in [7, 11) is 0. The molecule has 1 heterocycles. The van der Waals surface area contributed by atoms with E-state index in [1.807, 2.05) is 18.4 Å². The first-order chi connectivity index (χ1) is 16.9. The summed E-state index contributed by atoms with van der Waals surface area (Å²) < 4.78 is 6.43.